The maximum Gasteiger partial charge on any atom is 0.379 e. The summed E-state index contributed by atoms with van der Waals surface area (Å²) in [4.78, 5) is 34.0. The van der Waals surface area contributed by atoms with E-state index in [1.165, 1.54) is 11.6 Å². The van der Waals surface area contributed by atoms with Crippen molar-refractivity contribution in [2.24, 2.45) is 0 Å². The summed E-state index contributed by atoms with van der Waals surface area (Å²) in [7, 11) is 1.54. The summed E-state index contributed by atoms with van der Waals surface area (Å²) in [6, 6.07) is 17.3. The first-order valence-corrected chi connectivity index (χ1v) is 9.44. The van der Waals surface area contributed by atoms with E-state index >= 15 is 0 Å². The van der Waals surface area contributed by atoms with Crippen LogP contribution in [0.4, 0.5) is 5.69 Å². The van der Waals surface area contributed by atoms with E-state index in [0.29, 0.717) is 17.0 Å². The highest BCUT2D eigenvalue weighted by Gasteiger charge is 2.28. The first kappa shape index (κ1) is 20.0. The van der Waals surface area contributed by atoms with E-state index in [1.54, 1.807) is 66.9 Å². The quantitative estimate of drug-likeness (QED) is 0.481. The van der Waals surface area contributed by atoms with Crippen molar-refractivity contribution in [3.05, 3.63) is 83.9 Å². The molecule has 2 aromatic heterocycles. The zero-order valence-electron chi connectivity index (χ0n) is 16.9. The van der Waals surface area contributed by atoms with Crippen LogP contribution in [-0.2, 0) is 9.53 Å². The lowest BCUT2D eigenvalue weighted by atomic mass is 10.1. The van der Waals surface area contributed by atoms with E-state index in [-0.39, 0.29) is 11.6 Å². The van der Waals surface area contributed by atoms with Gasteiger partial charge in [-0.25, -0.2) is 14.3 Å². The Labute approximate surface area is 177 Å². The predicted molar refractivity (Wildman–Crippen MR) is 112 cm³/mol. The maximum atomic E-state index is 13.0. The number of esters is 1. The fraction of sp³-hybridized carbons (Fsp3) is 0.136. The molecule has 9 heteroatoms. The van der Waals surface area contributed by atoms with Crippen LogP contribution >= 0.6 is 0 Å². The van der Waals surface area contributed by atoms with Gasteiger partial charge >= 0.3 is 5.97 Å². The summed E-state index contributed by atoms with van der Waals surface area (Å²) in [5.74, 6) is -0.686. The average molecular weight is 417 g/mol. The molecule has 0 radical (unpaired) electrons. The highest BCUT2D eigenvalue weighted by Crippen LogP contribution is 2.23. The number of nitrogens with zero attached hydrogens (tertiary/aromatic N) is 4. The van der Waals surface area contributed by atoms with Crippen molar-refractivity contribution in [2.75, 3.05) is 12.4 Å². The number of hydrogen-bond acceptors (Lipinski definition) is 7. The lowest BCUT2D eigenvalue weighted by Crippen LogP contribution is -2.26. The van der Waals surface area contributed by atoms with Crippen LogP contribution in [0.3, 0.4) is 0 Å². The van der Waals surface area contributed by atoms with Crippen LogP contribution in [0, 0.1) is 6.92 Å². The van der Waals surface area contributed by atoms with E-state index in [1.807, 2.05) is 6.92 Å². The fourth-order valence-corrected chi connectivity index (χ4v) is 2.96. The molecule has 0 unspecified atom stereocenters. The molecule has 0 saturated heterocycles. The molecule has 0 aliphatic rings. The minimum Gasteiger partial charge on any atom is -0.497 e. The van der Waals surface area contributed by atoms with Crippen molar-refractivity contribution in [1.29, 1.82) is 0 Å². The minimum atomic E-state index is -1.21. The molecule has 0 aliphatic carbocycles. The summed E-state index contributed by atoms with van der Waals surface area (Å²) in [6.45, 7) is 1.81. The van der Waals surface area contributed by atoms with Gasteiger partial charge in [0.15, 0.2) is 0 Å². The number of fused-ring (bicyclic) bond motifs is 1. The fourth-order valence-electron chi connectivity index (χ4n) is 2.96. The molecule has 1 amide bonds. The maximum absolute atomic E-state index is 13.0. The lowest BCUT2D eigenvalue weighted by Gasteiger charge is -2.17. The van der Waals surface area contributed by atoms with Crippen LogP contribution in [-0.4, -0.2) is 38.6 Å². The number of rotatable bonds is 6. The molecular formula is C22H19N5O4. The first-order valence-electron chi connectivity index (χ1n) is 9.44. The van der Waals surface area contributed by atoms with Gasteiger partial charge in [0.1, 0.15) is 5.75 Å². The third-order valence-electron chi connectivity index (χ3n) is 4.52. The Morgan fingerprint density at radius 3 is 2.61 bits per heavy atom. The van der Waals surface area contributed by atoms with Gasteiger partial charge in [-0.15, -0.1) is 5.10 Å². The topological polar surface area (TPSA) is 108 Å². The Morgan fingerprint density at radius 1 is 1.06 bits per heavy atom. The Balaban J connectivity index is 1.60. The number of carbonyl (C=O) groups is 2. The second kappa shape index (κ2) is 8.62. The van der Waals surface area contributed by atoms with Gasteiger partial charge in [0, 0.05) is 29.2 Å². The van der Waals surface area contributed by atoms with Crippen LogP contribution in [0.15, 0.2) is 66.9 Å². The first-order chi connectivity index (χ1) is 15.0. The molecule has 1 atom stereocenters. The molecule has 9 nitrogen and oxygen atoms in total. The molecule has 2 heterocycles. The Kier molecular flexibility index (Phi) is 5.57. The summed E-state index contributed by atoms with van der Waals surface area (Å²) in [5, 5.41) is 6.90. The van der Waals surface area contributed by atoms with Crippen LogP contribution < -0.4 is 10.1 Å². The molecule has 156 valence electrons. The van der Waals surface area contributed by atoms with Crippen molar-refractivity contribution in [1.82, 2.24) is 19.6 Å². The summed E-state index contributed by atoms with van der Waals surface area (Å²) < 4.78 is 12.2. The summed E-state index contributed by atoms with van der Waals surface area (Å²) in [6.07, 6.45) is 0.364. The van der Waals surface area contributed by atoms with Gasteiger partial charge in [0.2, 0.25) is 6.10 Å². The number of anilines is 1. The standard InChI is InChI=1S/C22H19N5O4/c1-14-11-12-23-22-25-19(26-27(14)22)21(29)31-18(15-7-4-3-5-8-15)20(28)24-16-9-6-10-17(13-16)30-2/h3-13,18H,1-2H3,(H,24,28)/t18-/m1/s1. The molecule has 0 fully saturated rings. The molecule has 4 aromatic rings. The highest BCUT2D eigenvalue weighted by atomic mass is 16.5. The number of methoxy groups -OCH3 is 1. The third-order valence-corrected chi connectivity index (χ3v) is 4.52. The van der Waals surface area contributed by atoms with Gasteiger partial charge < -0.3 is 14.8 Å². The van der Waals surface area contributed by atoms with Crippen molar-refractivity contribution >= 4 is 23.3 Å². The van der Waals surface area contributed by atoms with Gasteiger partial charge in [-0.2, -0.15) is 4.98 Å². The number of benzene rings is 2. The molecule has 2 aromatic carbocycles. The number of aryl methyl sites for hydroxylation is 1. The number of ether oxygens (including phenoxy) is 2. The molecule has 0 aliphatic heterocycles. The SMILES string of the molecule is COc1cccc(NC(=O)[C@H](OC(=O)c2nc3nccc(C)n3n2)c2ccccc2)c1. The Morgan fingerprint density at radius 2 is 1.87 bits per heavy atom. The number of nitrogens with one attached hydrogen (secondary N) is 1. The summed E-state index contributed by atoms with van der Waals surface area (Å²) in [5.41, 5.74) is 1.77. The molecule has 0 bridgehead atoms. The molecular weight excluding hydrogens is 398 g/mol. The number of carbonyl (C=O) groups excluding carboxylic acids is 2. The highest BCUT2D eigenvalue weighted by molar-refractivity contribution is 5.97. The van der Waals surface area contributed by atoms with Gasteiger partial charge in [-0.05, 0) is 25.1 Å². The van der Waals surface area contributed by atoms with E-state index in [2.05, 4.69) is 20.4 Å². The predicted octanol–water partition coefficient (Wildman–Crippen LogP) is 2.98. The average Bonchev–Trinajstić information content (AvgIpc) is 3.24. The molecule has 0 saturated carbocycles. The number of hydrogen-bond donors (Lipinski definition) is 1. The van der Waals surface area contributed by atoms with Crippen LogP contribution in [0.1, 0.15) is 28.0 Å². The zero-order chi connectivity index (χ0) is 21.8. The molecule has 1 N–H and O–H groups in total. The van der Waals surface area contributed by atoms with Gasteiger partial charge in [-0.3, -0.25) is 4.79 Å². The van der Waals surface area contributed by atoms with E-state index in [4.69, 9.17) is 9.47 Å². The lowest BCUT2D eigenvalue weighted by molar-refractivity contribution is -0.125. The van der Waals surface area contributed by atoms with Crippen molar-refractivity contribution < 1.29 is 19.1 Å². The van der Waals surface area contributed by atoms with Crippen LogP contribution in [0.2, 0.25) is 0 Å². The monoisotopic (exact) mass is 417 g/mol. The third kappa shape index (κ3) is 4.35. The second-order valence-corrected chi connectivity index (χ2v) is 6.65. The smallest absolute Gasteiger partial charge is 0.379 e. The number of amides is 1. The number of aromatic nitrogens is 4. The van der Waals surface area contributed by atoms with Gasteiger partial charge in [0.05, 0.1) is 7.11 Å². The molecule has 31 heavy (non-hydrogen) atoms. The van der Waals surface area contributed by atoms with Crippen molar-refractivity contribution in [3.63, 3.8) is 0 Å². The van der Waals surface area contributed by atoms with Crippen LogP contribution in [0.25, 0.3) is 5.78 Å². The van der Waals surface area contributed by atoms with E-state index in [0.717, 1.165) is 5.69 Å². The van der Waals surface area contributed by atoms with Crippen molar-refractivity contribution in [3.8, 4) is 5.75 Å². The van der Waals surface area contributed by atoms with Gasteiger partial charge in [0.25, 0.3) is 17.5 Å². The van der Waals surface area contributed by atoms with E-state index in [9.17, 15) is 9.59 Å². The summed E-state index contributed by atoms with van der Waals surface area (Å²) >= 11 is 0. The normalized spacial score (nSPS) is 11.7. The van der Waals surface area contributed by atoms with Gasteiger partial charge in [-0.1, -0.05) is 36.4 Å². The zero-order valence-corrected chi connectivity index (χ0v) is 16.9. The Bertz CT molecular complexity index is 1240. The second-order valence-electron chi connectivity index (χ2n) is 6.65. The van der Waals surface area contributed by atoms with Crippen molar-refractivity contribution in [2.45, 2.75) is 13.0 Å². The largest absolute Gasteiger partial charge is 0.497 e. The minimum absolute atomic E-state index is 0.183. The molecule has 4 rings (SSSR count). The molecule has 0 spiro atoms. The Hall–Kier alpha value is -4.27. The van der Waals surface area contributed by atoms with Crippen LogP contribution in [0.5, 0.6) is 5.75 Å². The van der Waals surface area contributed by atoms with E-state index < -0.39 is 18.0 Å².